The number of carbonyl (C=O) groups excluding carboxylic acids is 3. The lowest BCUT2D eigenvalue weighted by Gasteiger charge is -2.12. The summed E-state index contributed by atoms with van der Waals surface area (Å²) in [5.74, 6) is -0.967. The summed E-state index contributed by atoms with van der Waals surface area (Å²) in [5, 5.41) is 5.27. The first kappa shape index (κ1) is 23.0. The molecule has 0 aromatic heterocycles. The number of anilines is 2. The number of rotatable bonds is 8. The van der Waals surface area contributed by atoms with Crippen LogP contribution in [-0.4, -0.2) is 24.4 Å². The van der Waals surface area contributed by atoms with Crippen LogP contribution >= 0.6 is 15.9 Å². The third kappa shape index (κ3) is 6.95. The van der Waals surface area contributed by atoms with Gasteiger partial charge in [0.15, 0.2) is 6.61 Å². The maximum absolute atomic E-state index is 12.5. The zero-order chi connectivity index (χ0) is 22.9. The van der Waals surface area contributed by atoms with E-state index in [4.69, 9.17) is 9.47 Å². The highest BCUT2D eigenvalue weighted by atomic mass is 79.9. The fraction of sp³-hybridized carbons (Fsp3) is 0.125. The molecule has 0 heterocycles. The Morgan fingerprint density at radius 2 is 1.56 bits per heavy atom. The summed E-state index contributed by atoms with van der Waals surface area (Å²) in [6.07, 6.45) is 0. The molecule has 3 rings (SSSR count). The van der Waals surface area contributed by atoms with E-state index in [-0.39, 0.29) is 18.1 Å². The molecule has 0 saturated carbocycles. The molecule has 0 aliphatic heterocycles. The lowest BCUT2D eigenvalue weighted by Crippen LogP contribution is -2.21. The van der Waals surface area contributed by atoms with Gasteiger partial charge in [-0.2, -0.15) is 0 Å². The van der Waals surface area contributed by atoms with Gasteiger partial charge in [-0.05, 0) is 54.1 Å². The largest absolute Gasteiger partial charge is 0.488 e. The number of hydrogen-bond donors (Lipinski definition) is 2. The molecule has 3 aromatic rings. The maximum atomic E-state index is 12.5. The van der Waals surface area contributed by atoms with E-state index < -0.39 is 18.5 Å². The summed E-state index contributed by atoms with van der Waals surface area (Å²) < 4.78 is 11.9. The van der Waals surface area contributed by atoms with Crippen LogP contribution in [0.2, 0.25) is 0 Å². The van der Waals surface area contributed by atoms with Crippen molar-refractivity contribution in [3.8, 4) is 5.75 Å². The second-order valence-electron chi connectivity index (χ2n) is 6.80. The summed E-state index contributed by atoms with van der Waals surface area (Å²) in [4.78, 5) is 35.7. The number of carbonyl (C=O) groups is 3. The first-order valence-electron chi connectivity index (χ1n) is 9.71. The van der Waals surface area contributed by atoms with Crippen molar-refractivity contribution in [3.63, 3.8) is 0 Å². The average Bonchev–Trinajstić information content (AvgIpc) is 2.77. The molecule has 0 aliphatic rings. The van der Waals surface area contributed by atoms with Crippen molar-refractivity contribution in [3.05, 3.63) is 88.4 Å². The molecule has 2 N–H and O–H groups in total. The van der Waals surface area contributed by atoms with Gasteiger partial charge in [0.25, 0.3) is 5.91 Å². The van der Waals surface area contributed by atoms with Crippen LogP contribution in [0.15, 0.2) is 77.3 Å². The van der Waals surface area contributed by atoms with Gasteiger partial charge in [-0.15, -0.1) is 0 Å². The van der Waals surface area contributed by atoms with Crippen LogP contribution in [0.4, 0.5) is 11.4 Å². The van der Waals surface area contributed by atoms with E-state index in [1.165, 1.54) is 6.92 Å². The number of ether oxygens (including phenoxy) is 2. The summed E-state index contributed by atoms with van der Waals surface area (Å²) >= 11 is 3.41. The van der Waals surface area contributed by atoms with Crippen LogP contribution in [0.25, 0.3) is 0 Å². The van der Waals surface area contributed by atoms with Crippen molar-refractivity contribution in [2.75, 3.05) is 17.2 Å². The Kier molecular flexibility index (Phi) is 7.99. The van der Waals surface area contributed by atoms with Crippen LogP contribution in [0.1, 0.15) is 22.8 Å². The number of para-hydroxylation sites is 1. The first-order valence-corrected chi connectivity index (χ1v) is 10.5. The van der Waals surface area contributed by atoms with E-state index in [1.54, 1.807) is 48.5 Å². The minimum atomic E-state index is -0.661. The number of halogens is 1. The Hall–Kier alpha value is -3.65. The van der Waals surface area contributed by atoms with Gasteiger partial charge < -0.3 is 20.1 Å². The van der Waals surface area contributed by atoms with Crippen molar-refractivity contribution in [2.45, 2.75) is 13.5 Å². The third-order valence-electron chi connectivity index (χ3n) is 4.21. The van der Waals surface area contributed by atoms with Crippen molar-refractivity contribution in [1.82, 2.24) is 0 Å². The Morgan fingerprint density at radius 1 is 0.875 bits per heavy atom. The van der Waals surface area contributed by atoms with Crippen LogP contribution < -0.4 is 15.4 Å². The van der Waals surface area contributed by atoms with Crippen LogP contribution in [0, 0.1) is 0 Å². The minimum absolute atomic E-state index is 0.186. The minimum Gasteiger partial charge on any atom is -0.488 e. The average molecular weight is 497 g/mol. The first-order chi connectivity index (χ1) is 15.4. The van der Waals surface area contributed by atoms with Gasteiger partial charge in [0.1, 0.15) is 17.9 Å². The quantitative estimate of drug-likeness (QED) is 0.437. The van der Waals surface area contributed by atoms with E-state index in [0.717, 1.165) is 10.0 Å². The molecule has 3 aromatic carbocycles. The molecule has 32 heavy (non-hydrogen) atoms. The van der Waals surface area contributed by atoms with Crippen molar-refractivity contribution in [1.29, 1.82) is 0 Å². The highest BCUT2D eigenvalue weighted by Gasteiger charge is 2.15. The van der Waals surface area contributed by atoms with Gasteiger partial charge in [0, 0.05) is 22.8 Å². The molecular formula is C24H21BrN2O5. The SMILES string of the molecule is CC(=O)Nc1ccc(NC(=O)COC(=O)c2ccccc2OCc2cccc(Br)c2)cc1. The number of benzene rings is 3. The summed E-state index contributed by atoms with van der Waals surface area (Å²) in [5.41, 5.74) is 2.29. The molecule has 0 spiro atoms. The zero-order valence-electron chi connectivity index (χ0n) is 17.3. The summed E-state index contributed by atoms with van der Waals surface area (Å²) in [6, 6.07) is 20.9. The molecule has 0 atom stereocenters. The van der Waals surface area contributed by atoms with E-state index in [1.807, 2.05) is 24.3 Å². The van der Waals surface area contributed by atoms with Crippen LogP contribution in [-0.2, 0) is 20.9 Å². The van der Waals surface area contributed by atoms with Crippen molar-refractivity contribution < 1.29 is 23.9 Å². The second kappa shape index (κ2) is 11.1. The number of nitrogens with one attached hydrogen (secondary N) is 2. The van der Waals surface area contributed by atoms with Crippen molar-refractivity contribution >= 4 is 45.1 Å². The molecule has 0 unspecified atom stereocenters. The fourth-order valence-corrected chi connectivity index (χ4v) is 3.24. The fourth-order valence-electron chi connectivity index (χ4n) is 2.80. The molecule has 8 heteroatoms. The molecular weight excluding hydrogens is 476 g/mol. The Bertz CT molecular complexity index is 1120. The van der Waals surface area contributed by atoms with Crippen LogP contribution in [0.3, 0.4) is 0 Å². The number of amides is 2. The van der Waals surface area contributed by atoms with E-state index in [2.05, 4.69) is 26.6 Å². The molecule has 7 nitrogen and oxygen atoms in total. The Balaban J connectivity index is 1.54. The van der Waals surface area contributed by atoms with Crippen LogP contribution in [0.5, 0.6) is 5.75 Å². The Morgan fingerprint density at radius 3 is 2.25 bits per heavy atom. The monoisotopic (exact) mass is 496 g/mol. The molecule has 0 bridgehead atoms. The zero-order valence-corrected chi connectivity index (χ0v) is 18.8. The normalized spacial score (nSPS) is 10.2. The van der Waals surface area contributed by atoms with Gasteiger partial charge >= 0.3 is 5.97 Å². The summed E-state index contributed by atoms with van der Waals surface area (Å²) in [7, 11) is 0. The molecule has 0 fully saturated rings. The standard InChI is InChI=1S/C24H21BrN2O5/c1-16(28)26-19-9-11-20(12-10-19)27-23(29)15-32-24(30)21-7-2-3-8-22(21)31-14-17-5-4-6-18(25)13-17/h2-13H,14-15H2,1H3,(H,26,28)(H,27,29). The molecule has 0 saturated heterocycles. The maximum Gasteiger partial charge on any atom is 0.342 e. The topological polar surface area (TPSA) is 93.7 Å². The highest BCUT2D eigenvalue weighted by Crippen LogP contribution is 2.21. The second-order valence-corrected chi connectivity index (χ2v) is 7.71. The molecule has 0 aliphatic carbocycles. The third-order valence-corrected chi connectivity index (χ3v) is 4.71. The van der Waals surface area contributed by atoms with Crippen molar-refractivity contribution in [2.24, 2.45) is 0 Å². The lowest BCUT2D eigenvalue weighted by molar-refractivity contribution is -0.119. The van der Waals surface area contributed by atoms with Gasteiger partial charge in [0.2, 0.25) is 5.91 Å². The van der Waals surface area contributed by atoms with Gasteiger partial charge in [-0.3, -0.25) is 9.59 Å². The highest BCUT2D eigenvalue weighted by molar-refractivity contribution is 9.10. The molecule has 2 amide bonds. The number of esters is 1. The molecule has 164 valence electrons. The van der Waals surface area contributed by atoms with Gasteiger partial charge in [-0.1, -0.05) is 40.2 Å². The molecule has 0 radical (unpaired) electrons. The Labute approximate surface area is 193 Å². The van der Waals surface area contributed by atoms with E-state index in [9.17, 15) is 14.4 Å². The van der Waals surface area contributed by atoms with E-state index in [0.29, 0.717) is 17.1 Å². The predicted octanol–water partition coefficient (Wildman–Crippen LogP) is 4.78. The van der Waals surface area contributed by atoms with Gasteiger partial charge in [0.05, 0.1) is 0 Å². The lowest BCUT2D eigenvalue weighted by atomic mass is 10.2. The van der Waals surface area contributed by atoms with Gasteiger partial charge in [-0.25, -0.2) is 4.79 Å². The smallest absolute Gasteiger partial charge is 0.342 e. The van der Waals surface area contributed by atoms with E-state index >= 15 is 0 Å². The predicted molar refractivity (Wildman–Crippen MR) is 125 cm³/mol. The number of hydrogen-bond acceptors (Lipinski definition) is 5. The summed E-state index contributed by atoms with van der Waals surface area (Å²) in [6.45, 7) is 1.24.